The molecule has 2 N–H and O–H groups in total. The van der Waals surface area contributed by atoms with Crippen LogP contribution in [0.1, 0.15) is 30.2 Å². The summed E-state index contributed by atoms with van der Waals surface area (Å²) in [6.07, 6.45) is 4.30. The van der Waals surface area contributed by atoms with Gasteiger partial charge in [-0.25, -0.2) is 4.68 Å². The molecule has 1 atom stereocenters. The van der Waals surface area contributed by atoms with Gasteiger partial charge in [0, 0.05) is 18.2 Å². The number of nitrogens with zero attached hydrogens (tertiary/aromatic N) is 4. The molecule has 2 aromatic heterocycles. The van der Waals surface area contributed by atoms with E-state index in [1.807, 2.05) is 43.5 Å². The van der Waals surface area contributed by atoms with Gasteiger partial charge in [-0.05, 0) is 12.1 Å². The van der Waals surface area contributed by atoms with Crippen LogP contribution in [0.15, 0.2) is 47.2 Å². The first-order valence-corrected chi connectivity index (χ1v) is 6.46. The van der Waals surface area contributed by atoms with Crippen LogP contribution in [0, 0.1) is 0 Å². The van der Waals surface area contributed by atoms with Crippen molar-refractivity contribution in [3.63, 3.8) is 0 Å². The topological polar surface area (TPSA) is 82.8 Å². The number of aromatic nitrogens is 4. The van der Waals surface area contributed by atoms with E-state index in [-0.39, 0.29) is 0 Å². The molecular formula is C14H15N5O. The first-order valence-electron chi connectivity index (χ1n) is 6.46. The summed E-state index contributed by atoms with van der Waals surface area (Å²) in [4.78, 5) is 4.25. The average molecular weight is 269 g/mol. The van der Waals surface area contributed by atoms with Crippen molar-refractivity contribution in [1.29, 1.82) is 0 Å². The fourth-order valence-electron chi connectivity index (χ4n) is 1.91. The second-order valence-corrected chi connectivity index (χ2v) is 4.43. The number of nitrogens with two attached hydrogens (primary N) is 1. The highest BCUT2D eigenvalue weighted by atomic mass is 16.5. The zero-order valence-corrected chi connectivity index (χ0v) is 11.1. The summed E-state index contributed by atoms with van der Waals surface area (Å²) >= 11 is 0. The van der Waals surface area contributed by atoms with Crippen LogP contribution in [-0.4, -0.2) is 19.9 Å². The Kier molecular flexibility index (Phi) is 3.30. The summed E-state index contributed by atoms with van der Waals surface area (Å²) in [6.45, 7) is 1.95. The van der Waals surface area contributed by atoms with Crippen LogP contribution in [0.5, 0.6) is 0 Å². The van der Waals surface area contributed by atoms with E-state index >= 15 is 0 Å². The third-order valence-electron chi connectivity index (χ3n) is 3.05. The van der Waals surface area contributed by atoms with E-state index in [1.165, 1.54) is 0 Å². The number of hydrogen-bond acceptors (Lipinski definition) is 5. The van der Waals surface area contributed by atoms with E-state index in [0.29, 0.717) is 18.1 Å². The molecular weight excluding hydrogens is 254 g/mol. The summed E-state index contributed by atoms with van der Waals surface area (Å²) in [5.74, 6) is 1.07. The van der Waals surface area contributed by atoms with E-state index in [9.17, 15) is 0 Å². The molecule has 0 bridgehead atoms. The van der Waals surface area contributed by atoms with Crippen LogP contribution in [-0.2, 0) is 6.42 Å². The lowest BCUT2D eigenvalue weighted by atomic mass is 10.1. The van der Waals surface area contributed by atoms with Crippen LogP contribution >= 0.6 is 0 Å². The minimum absolute atomic E-state index is 0.434. The number of rotatable bonds is 4. The van der Waals surface area contributed by atoms with E-state index in [2.05, 4.69) is 15.2 Å². The smallest absolute Gasteiger partial charge is 0.226 e. The number of aryl methyl sites for hydroxylation is 1. The molecule has 0 aliphatic carbocycles. The van der Waals surface area contributed by atoms with Gasteiger partial charge in [0.1, 0.15) is 0 Å². The fraction of sp³-hybridized carbons (Fsp3) is 0.214. The number of para-hydroxylation sites is 1. The van der Waals surface area contributed by atoms with Crippen LogP contribution < -0.4 is 5.73 Å². The molecule has 3 rings (SSSR count). The van der Waals surface area contributed by atoms with Crippen molar-refractivity contribution in [2.75, 3.05) is 0 Å². The fourth-order valence-corrected chi connectivity index (χ4v) is 1.91. The molecule has 3 aromatic rings. The third kappa shape index (κ3) is 2.33. The van der Waals surface area contributed by atoms with E-state index in [4.69, 9.17) is 10.3 Å². The Morgan fingerprint density at radius 3 is 2.80 bits per heavy atom. The molecule has 0 aliphatic heterocycles. The predicted octanol–water partition coefficient (Wildman–Crippen LogP) is 1.87. The summed E-state index contributed by atoms with van der Waals surface area (Å²) < 4.78 is 6.85. The molecule has 2 heterocycles. The summed E-state index contributed by atoms with van der Waals surface area (Å²) in [7, 11) is 0. The van der Waals surface area contributed by atoms with Crippen molar-refractivity contribution in [1.82, 2.24) is 19.9 Å². The minimum Gasteiger partial charge on any atom is -0.339 e. The molecule has 1 aromatic carbocycles. The van der Waals surface area contributed by atoms with Gasteiger partial charge in [0.2, 0.25) is 5.89 Å². The maximum Gasteiger partial charge on any atom is 0.226 e. The molecule has 0 radical (unpaired) electrons. The van der Waals surface area contributed by atoms with Crippen molar-refractivity contribution in [3.8, 4) is 5.69 Å². The Morgan fingerprint density at radius 1 is 1.30 bits per heavy atom. The van der Waals surface area contributed by atoms with Crippen molar-refractivity contribution in [2.24, 2.45) is 5.73 Å². The first-order chi connectivity index (χ1) is 9.78. The molecule has 6 nitrogen and oxygen atoms in total. The van der Waals surface area contributed by atoms with Crippen molar-refractivity contribution in [2.45, 2.75) is 19.4 Å². The zero-order chi connectivity index (χ0) is 13.9. The Hall–Kier alpha value is -2.47. The first kappa shape index (κ1) is 12.6. The van der Waals surface area contributed by atoms with Gasteiger partial charge in [-0.1, -0.05) is 30.3 Å². The quantitative estimate of drug-likeness (QED) is 0.781. The molecule has 0 fully saturated rings. The Morgan fingerprint density at radius 2 is 2.10 bits per heavy atom. The molecule has 0 amide bonds. The molecule has 102 valence electrons. The molecule has 6 heteroatoms. The zero-order valence-electron chi connectivity index (χ0n) is 11.1. The van der Waals surface area contributed by atoms with E-state index < -0.39 is 6.04 Å². The van der Waals surface area contributed by atoms with E-state index in [0.717, 1.165) is 11.3 Å². The van der Waals surface area contributed by atoms with Crippen LogP contribution in [0.25, 0.3) is 5.69 Å². The van der Waals surface area contributed by atoms with E-state index in [1.54, 1.807) is 10.9 Å². The van der Waals surface area contributed by atoms with Gasteiger partial charge in [-0.2, -0.15) is 10.1 Å². The molecule has 0 aliphatic rings. The second kappa shape index (κ2) is 5.26. The van der Waals surface area contributed by atoms with Gasteiger partial charge in [-0.15, -0.1) is 0 Å². The van der Waals surface area contributed by atoms with Gasteiger partial charge in [-0.3, -0.25) is 0 Å². The highest BCUT2D eigenvalue weighted by Crippen LogP contribution is 2.18. The highest BCUT2D eigenvalue weighted by molar-refractivity contribution is 5.32. The van der Waals surface area contributed by atoms with Gasteiger partial charge in [0.25, 0.3) is 0 Å². The van der Waals surface area contributed by atoms with Gasteiger partial charge < -0.3 is 10.3 Å². The number of benzene rings is 1. The van der Waals surface area contributed by atoms with Crippen LogP contribution in [0.3, 0.4) is 0 Å². The van der Waals surface area contributed by atoms with Crippen LogP contribution in [0.4, 0.5) is 0 Å². The Labute approximate surface area is 116 Å². The lowest BCUT2D eigenvalue weighted by Crippen LogP contribution is -2.13. The van der Waals surface area contributed by atoms with Gasteiger partial charge in [0.15, 0.2) is 5.82 Å². The minimum atomic E-state index is -0.434. The molecule has 0 spiro atoms. The SMILES string of the molecule is CCc1nc(C(N)c2cnn(-c3ccccc3)c2)no1. The number of hydrogen-bond donors (Lipinski definition) is 1. The average Bonchev–Trinajstić information content (AvgIpc) is 3.17. The molecule has 20 heavy (non-hydrogen) atoms. The summed E-state index contributed by atoms with van der Waals surface area (Å²) in [5.41, 5.74) is 7.96. The second-order valence-electron chi connectivity index (χ2n) is 4.43. The maximum absolute atomic E-state index is 6.14. The Balaban J connectivity index is 1.86. The molecule has 1 unspecified atom stereocenters. The molecule has 0 saturated carbocycles. The third-order valence-corrected chi connectivity index (χ3v) is 3.05. The summed E-state index contributed by atoms with van der Waals surface area (Å²) in [6, 6.07) is 9.41. The standard InChI is InChI=1S/C14H15N5O/c1-2-12-17-14(18-20-12)13(15)10-8-16-19(9-10)11-6-4-3-5-7-11/h3-9,13H,2,15H2,1H3. The summed E-state index contributed by atoms with van der Waals surface area (Å²) in [5, 5.41) is 8.21. The monoisotopic (exact) mass is 269 g/mol. The largest absolute Gasteiger partial charge is 0.339 e. The lowest BCUT2D eigenvalue weighted by molar-refractivity contribution is 0.375. The lowest BCUT2D eigenvalue weighted by Gasteiger charge is -2.03. The van der Waals surface area contributed by atoms with Crippen molar-refractivity contribution in [3.05, 3.63) is 60.0 Å². The van der Waals surface area contributed by atoms with Crippen LogP contribution in [0.2, 0.25) is 0 Å². The highest BCUT2D eigenvalue weighted by Gasteiger charge is 2.17. The maximum atomic E-state index is 6.14. The normalized spacial score (nSPS) is 12.5. The van der Waals surface area contributed by atoms with Crippen molar-refractivity contribution < 1.29 is 4.52 Å². The Bertz CT molecular complexity index is 688. The van der Waals surface area contributed by atoms with Gasteiger partial charge >= 0.3 is 0 Å². The van der Waals surface area contributed by atoms with Crippen molar-refractivity contribution >= 4 is 0 Å². The van der Waals surface area contributed by atoms with Gasteiger partial charge in [0.05, 0.1) is 17.9 Å². The predicted molar refractivity (Wildman–Crippen MR) is 73.3 cm³/mol. The molecule has 0 saturated heterocycles.